The van der Waals surface area contributed by atoms with Gasteiger partial charge in [0.25, 0.3) is 5.91 Å². The van der Waals surface area contributed by atoms with E-state index in [4.69, 9.17) is 13.9 Å². The molecule has 1 aromatic heterocycles. The van der Waals surface area contributed by atoms with E-state index in [1.54, 1.807) is 11.0 Å². The first kappa shape index (κ1) is 22.1. The predicted octanol–water partition coefficient (Wildman–Crippen LogP) is 2.98. The first-order chi connectivity index (χ1) is 15.6. The Labute approximate surface area is 187 Å². The molecule has 0 bridgehead atoms. The molecule has 1 saturated heterocycles. The number of ether oxygens (including phenoxy) is 2. The molecule has 4 rings (SSSR count). The highest BCUT2D eigenvalue weighted by molar-refractivity contribution is 6.15. The summed E-state index contributed by atoms with van der Waals surface area (Å²) in [5.74, 6) is -0.844. The summed E-state index contributed by atoms with van der Waals surface area (Å²) in [5, 5.41) is 10.7. The zero-order valence-electron chi connectivity index (χ0n) is 18.2. The summed E-state index contributed by atoms with van der Waals surface area (Å²) in [7, 11) is 0. The number of Topliss-reactive ketones (excluding diaryl/α,β-unsaturated/α-hetero) is 1. The maximum absolute atomic E-state index is 13.2. The maximum atomic E-state index is 13.2. The lowest BCUT2D eigenvalue weighted by molar-refractivity contribution is -0.129. The summed E-state index contributed by atoms with van der Waals surface area (Å²) in [6.07, 6.45) is 2.11. The standard InChI is InChI=1S/C24H28N2O6/c1-2-31-18-7-3-6-17(16-18)21-20(22(27)19-8-4-13-32-19)23(28)24(29)26(21)10-5-9-25-11-14-30-15-12-25/h3-4,6-8,13,16,21,28H,2,5,9-12,14-15H2,1H3. The van der Waals surface area contributed by atoms with Crippen molar-refractivity contribution in [3.05, 3.63) is 65.3 Å². The van der Waals surface area contributed by atoms with Crippen molar-refractivity contribution in [1.29, 1.82) is 0 Å². The summed E-state index contributed by atoms with van der Waals surface area (Å²) < 4.78 is 16.3. The van der Waals surface area contributed by atoms with E-state index in [2.05, 4.69) is 4.90 Å². The van der Waals surface area contributed by atoms with Gasteiger partial charge in [-0.3, -0.25) is 14.5 Å². The van der Waals surface area contributed by atoms with Gasteiger partial charge in [0.1, 0.15) is 5.75 Å². The van der Waals surface area contributed by atoms with Crippen LogP contribution < -0.4 is 4.74 Å². The van der Waals surface area contributed by atoms with Crippen LogP contribution in [0.1, 0.15) is 35.5 Å². The van der Waals surface area contributed by atoms with Gasteiger partial charge in [0, 0.05) is 26.2 Å². The zero-order valence-corrected chi connectivity index (χ0v) is 18.2. The number of hydrogen-bond donors (Lipinski definition) is 1. The molecule has 8 heteroatoms. The fourth-order valence-electron chi connectivity index (χ4n) is 4.23. The van der Waals surface area contributed by atoms with Crippen molar-refractivity contribution in [2.75, 3.05) is 46.0 Å². The number of carbonyl (C=O) groups is 2. The minimum atomic E-state index is -0.717. The van der Waals surface area contributed by atoms with Crippen LogP contribution in [0.3, 0.4) is 0 Å². The van der Waals surface area contributed by atoms with Crippen LogP contribution in [-0.4, -0.2) is 72.6 Å². The van der Waals surface area contributed by atoms with Crippen molar-refractivity contribution < 1.29 is 28.6 Å². The number of ketones is 1. The Morgan fingerprint density at radius 1 is 1.19 bits per heavy atom. The van der Waals surface area contributed by atoms with E-state index in [0.717, 1.165) is 19.6 Å². The Kier molecular flexibility index (Phi) is 6.92. The van der Waals surface area contributed by atoms with Crippen molar-refractivity contribution in [1.82, 2.24) is 9.80 Å². The maximum Gasteiger partial charge on any atom is 0.290 e. The number of nitrogens with zero attached hydrogens (tertiary/aromatic N) is 2. The van der Waals surface area contributed by atoms with E-state index in [1.165, 1.54) is 12.3 Å². The Bertz CT molecular complexity index is 978. The minimum absolute atomic E-state index is 0.0324. The number of benzene rings is 1. The second-order valence-electron chi connectivity index (χ2n) is 7.78. The second-order valence-corrected chi connectivity index (χ2v) is 7.78. The second kappa shape index (κ2) is 10.0. The number of hydrogen-bond acceptors (Lipinski definition) is 7. The lowest BCUT2D eigenvalue weighted by Gasteiger charge is -2.30. The average Bonchev–Trinajstić information content (AvgIpc) is 3.43. The molecule has 0 aliphatic carbocycles. The smallest absolute Gasteiger partial charge is 0.290 e. The molecule has 2 aliphatic rings. The highest BCUT2D eigenvalue weighted by Gasteiger charge is 2.44. The van der Waals surface area contributed by atoms with Gasteiger partial charge < -0.3 is 23.9 Å². The Balaban J connectivity index is 1.61. The Hall–Kier alpha value is -3.10. The summed E-state index contributed by atoms with van der Waals surface area (Å²) in [6, 6.07) is 9.71. The largest absolute Gasteiger partial charge is 0.503 e. The predicted molar refractivity (Wildman–Crippen MR) is 117 cm³/mol. The van der Waals surface area contributed by atoms with E-state index in [9.17, 15) is 14.7 Å². The van der Waals surface area contributed by atoms with Gasteiger partial charge in [-0.2, -0.15) is 0 Å². The molecule has 0 saturated carbocycles. The molecule has 1 N–H and O–H groups in total. The molecule has 32 heavy (non-hydrogen) atoms. The SMILES string of the molecule is CCOc1cccc(C2C(C(=O)c3ccco3)=C(O)C(=O)N2CCCN2CCOCC2)c1. The number of aliphatic hydroxyl groups excluding tert-OH is 1. The monoisotopic (exact) mass is 440 g/mol. The van der Waals surface area contributed by atoms with Crippen LogP contribution in [0.5, 0.6) is 5.75 Å². The molecule has 2 aromatic rings. The van der Waals surface area contributed by atoms with Gasteiger partial charge in [0.2, 0.25) is 5.78 Å². The molecule has 3 heterocycles. The zero-order chi connectivity index (χ0) is 22.5. The highest BCUT2D eigenvalue weighted by Crippen LogP contribution is 2.40. The molecule has 1 unspecified atom stereocenters. The third-order valence-electron chi connectivity index (χ3n) is 5.76. The Morgan fingerprint density at radius 2 is 2.00 bits per heavy atom. The third-order valence-corrected chi connectivity index (χ3v) is 5.76. The molecule has 0 radical (unpaired) electrons. The van der Waals surface area contributed by atoms with Crippen LogP contribution in [0.2, 0.25) is 0 Å². The summed E-state index contributed by atoms with van der Waals surface area (Å²) >= 11 is 0. The third kappa shape index (κ3) is 4.56. The molecular formula is C24H28N2O6. The summed E-state index contributed by atoms with van der Waals surface area (Å²) in [6.45, 7) is 6.73. The number of morpholine rings is 1. The number of furan rings is 1. The van der Waals surface area contributed by atoms with Gasteiger partial charge in [-0.05, 0) is 43.2 Å². The molecule has 2 aliphatic heterocycles. The highest BCUT2D eigenvalue weighted by atomic mass is 16.5. The van der Waals surface area contributed by atoms with E-state index in [-0.39, 0.29) is 11.3 Å². The van der Waals surface area contributed by atoms with Crippen molar-refractivity contribution in [3.63, 3.8) is 0 Å². The van der Waals surface area contributed by atoms with E-state index < -0.39 is 23.5 Å². The molecule has 0 spiro atoms. The van der Waals surface area contributed by atoms with Crippen molar-refractivity contribution >= 4 is 11.7 Å². The van der Waals surface area contributed by atoms with Gasteiger partial charge in [-0.25, -0.2) is 0 Å². The van der Waals surface area contributed by atoms with Crippen LogP contribution >= 0.6 is 0 Å². The fraction of sp³-hybridized carbons (Fsp3) is 0.417. The minimum Gasteiger partial charge on any atom is -0.503 e. The lowest BCUT2D eigenvalue weighted by Crippen LogP contribution is -2.39. The van der Waals surface area contributed by atoms with Crippen LogP contribution in [-0.2, 0) is 9.53 Å². The molecule has 1 amide bonds. The number of aliphatic hydroxyl groups is 1. The topological polar surface area (TPSA) is 92.5 Å². The number of carbonyl (C=O) groups excluding carboxylic acids is 2. The normalized spacial score (nSPS) is 19.6. The molecule has 1 atom stereocenters. The van der Waals surface area contributed by atoms with Gasteiger partial charge in [0.05, 0.1) is 37.7 Å². The average molecular weight is 440 g/mol. The van der Waals surface area contributed by atoms with E-state index >= 15 is 0 Å². The van der Waals surface area contributed by atoms with Crippen LogP contribution in [0.15, 0.2) is 58.4 Å². The van der Waals surface area contributed by atoms with Crippen LogP contribution in [0.25, 0.3) is 0 Å². The molecule has 170 valence electrons. The first-order valence-corrected chi connectivity index (χ1v) is 10.9. The van der Waals surface area contributed by atoms with Crippen molar-refractivity contribution in [3.8, 4) is 5.75 Å². The molecule has 1 fully saturated rings. The van der Waals surface area contributed by atoms with Crippen molar-refractivity contribution in [2.24, 2.45) is 0 Å². The van der Waals surface area contributed by atoms with Gasteiger partial charge in [-0.1, -0.05) is 12.1 Å². The Morgan fingerprint density at radius 3 is 2.72 bits per heavy atom. The quantitative estimate of drug-likeness (QED) is 0.599. The summed E-state index contributed by atoms with van der Waals surface area (Å²) in [4.78, 5) is 30.1. The summed E-state index contributed by atoms with van der Waals surface area (Å²) in [5.41, 5.74) is 0.736. The molecule has 8 nitrogen and oxygen atoms in total. The van der Waals surface area contributed by atoms with Crippen LogP contribution in [0, 0.1) is 0 Å². The first-order valence-electron chi connectivity index (χ1n) is 10.9. The van der Waals surface area contributed by atoms with E-state index in [1.807, 2.05) is 31.2 Å². The van der Waals surface area contributed by atoms with Gasteiger partial charge >= 0.3 is 0 Å². The van der Waals surface area contributed by atoms with Crippen LogP contribution in [0.4, 0.5) is 0 Å². The fourth-order valence-corrected chi connectivity index (χ4v) is 4.23. The number of amides is 1. The van der Waals surface area contributed by atoms with E-state index in [0.29, 0.717) is 44.1 Å². The number of rotatable bonds is 9. The molecular weight excluding hydrogens is 412 g/mol. The molecule has 1 aromatic carbocycles. The lowest BCUT2D eigenvalue weighted by atomic mass is 9.95. The van der Waals surface area contributed by atoms with Crippen molar-refractivity contribution in [2.45, 2.75) is 19.4 Å². The van der Waals surface area contributed by atoms with Gasteiger partial charge in [-0.15, -0.1) is 0 Å². The van der Waals surface area contributed by atoms with Gasteiger partial charge in [0.15, 0.2) is 11.5 Å².